The Hall–Kier alpha value is -3.72. The van der Waals surface area contributed by atoms with Gasteiger partial charge in [0.1, 0.15) is 31.0 Å². The standard InChI is InChI=1S/C48H79NO8/c1-6-8-10-12-14-16-18-20-22-24-26-28-30-32-34-36-44(51)55-41-48(40-54-43-50,49-39-38-46(53)57-47(3,4)5)42-56-45(52)37-35-33-31-29-27-25-23-21-19-17-15-13-11-9-7-2/h12-23,43,49H,6-11,24-42H2,1-5H3/b14-12+,15-13+,18-16+,19-17+,22-20+,23-21+. The third-order valence-electron chi connectivity index (χ3n) is 8.86. The zero-order chi connectivity index (χ0) is 42.1. The maximum Gasteiger partial charge on any atom is 0.307 e. The molecule has 0 radical (unpaired) electrons. The second-order valence-electron chi connectivity index (χ2n) is 15.7. The Morgan fingerprint density at radius 2 is 0.895 bits per heavy atom. The second kappa shape index (κ2) is 37.8. The lowest BCUT2D eigenvalue weighted by Crippen LogP contribution is -2.57. The van der Waals surface area contributed by atoms with Crippen LogP contribution in [0.4, 0.5) is 0 Å². The summed E-state index contributed by atoms with van der Waals surface area (Å²) in [5.41, 5.74) is -1.87. The molecule has 57 heavy (non-hydrogen) atoms. The summed E-state index contributed by atoms with van der Waals surface area (Å²) < 4.78 is 21.8. The van der Waals surface area contributed by atoms with Crippen LogP contribution in [0.15, 0.2) is 72.9 Å². The van der Waals surface area contributed by atoms with Crippen LogP contribution in [-0.4, -0.2) is 61.9 Å². The van der Waals surface area contributed by atoms with E-state index < -0.39 is 17.1 Å². The Balaban J connectivity index is 4.79. The van der Waals surface area contributed by atoms with Crippen LogP contribution in [0.25, 0.3) is 0 Å². The van der Waals surface area contributed by atoms with Crippen LogP contribution in [0.5, 0.6) is 0 Å². The normalized spacial score (nSPS) is 12.6. The molecule has 9 heteroatoms. The monoisotopic (exact) mass is 798 g/mol. The summed E-state index contributed by atoms with van der Waals surface area (Å²) in [6, 6.07) is 0. The highest BCUT2D eigenvalue weighted by molar-refractivity contribution is 5.70. The minimum absolute atomic E-state index is 0.0217. The minimum atomic E-state index is -1.23. The number of ether oxygens (including phenoxy) is 4. The smallest absolute Gasteiger partial charge is 0.307 e. The summed E-state index contributed by atoms with van der Waals surface area (Å²) in [4.78, 5) is 49.2. The average Bonchev–Trinajstić information content (AvgIpc) is 3.17. The molecule has 324 valence electrons. The summed E-state index contributed by atoms with van der Waals surface area (Å²) in [5.74, 6) is -1.18. The van der Waals surface area contributed by atoms with E-state index in [2.05, 4.69) is 92.1 Å². The maximum absolute atomic E-state index is 12.8. The molecule has 0 spiro atoms. The van der Waals surface area contributed by atoms with Crippen LogP contribution >= 0.6 is 0 Å². The lowest BCUT2D eigenvalue weighted by Gasteiger charge is -2.33. The highest BCUT2D eigenvalue weighted by Crippen LogP contribution is 2.15. The van der Waals surface area contributed by atoms with Crippen LogP contribution in [0.1, 0.15) is 169 Å². The number of hydrogen-bond donors (Lipinski definition) is 1. The molecule has 0 aromatic heterocycles. The molecule has 0 heterocycles. The summed E-state index contributed by atoms with van der Waals surface area (Å²) in [5, 5.41) is 3.17. The fraction of sp³-hybridized carbons (Fsp3) is 0.667. The molecular weight excluding hydrogens is 719 g/mol. The number of carbonyl (C=O) groups excluding carboxylic acids is 4. The van der Waals surface area contributed by atoms with E-state index >= 15 is 0 Å². The summed E-state index contributed by atoms with van der Waals surface area (Å²) >= 11 is 0. The fourth-order valence-corrected chi connectivity index (χ4v) is 5.60. The van der Waals surface area contributed by atoms with Crippen LogP contribution in [0.3, 0.4) is 0 Å². The molecule has 0 aliphatic carbocycles. The Morgan fingerprint density at radius 1 is 0.491 bits per heavy atom. The number of hydrogen-bond acceptors (Lipinski definition) is 9. The summed E-state index contributed by atoms with van der Waals surface area (Å²) in [6.45, 7) is 9.58. The first-order chi connectivity index (χ1) is 27.6. The molecular formula is C48H79NO8. The number of rotatable bonds is 37. The lowest BCUT2D eigenvalue weighted by molar-refractivity contribution is -0.158. The van der Waals surface area contributed by atoms with Crippen molar-refractivity contribution in [2.24, 2.45) is 0 Å². The summed E-state index contributed by atoms with van der Waals surface area (Å²) in [7, 11) is 0. The molecule has 0 aliphatic heterocycles. The van der Waals surface area contributed by atoms with Crippen molar-refractivity contribution in [2.45, 2.75) is 181 Å². The third kappa shape index (κ3) is 37.6. The molecule has 0 aliphatic rings. The van der Waals surface area contributed by atoms with E-state index in [-0.39, 0.29) is 57.6 Å². The van der Waals surface area contributed by atoms with Crippen molar-refractivity contribution in [1.82, 2.24) is 5.32 Å². The van der Waals surface area contributed by atoms with Crippen molar-refractivity contribution in [2.75, 3.05) is 26.4 Å². The van der Waals surface area contributed by atoms with Crippen LogP contribution in [0, 0.1) is 0 Å². The van der Waals surface area contributed by atoms with Crippen LogP contribution in [-0.2, 0) is 38.1 Å². The van der Waals surface area contributed by atoms with Gasteiger partial charge in [-0.15, -0.1) is 0 Å². The fourth-order valence-electron chi connectivity index (χ4n) is 5.60. The van der Waals surface area contributed by atoms with Gasteiger partial charge in [0.2, 0.25) is 0 Å². The number of allylic oxidation sites excluding steroid dienone is 12. The highest BCUT2D eigenvalue weighted by Gasteiger charge is 2.35. The maximum atomic E-state index is 12.8. The molecule has 0 aromatic rings. The molecule has 0 unspecified atom stereocenters. The van der Waals surface area contributed by atoms with E-state index in [0.29, 0.717) is 19.3 Å². The van der Waals surface area contributed by atoms with Crippen molar-refractivity contribution < 1.29 is 38.1 Å². The van der Waals surface area contributed by atoms with E-state index in [4.69, 9.17) is 18.9 Å². The second-order valence-corrected chi connectivity index (χ2v) is 15.7. The van der Waals surface area contributed by atoms with Crippen molar-refractivity contribution in [3.63, 3.8) is 0 Å². The topological polar surface area (TPSA) is 117 Å². The molecule has 0 atom stereocenters. The van der Waals surface area contributed by atoms with Gasteiger partial charge in [-0.25, -0.2) is 0 Å². The number of unbranched alkanes of at least 4 members (excludes halogenated alkanes) is 14. The van der Waals surface area contributed by atoms with E-state index in [9.17, 15) is 19.2 Å². The third-order valence-corrected chi connectivity index (χ3v) is 8.86. The van der Waals surface area contributed by atoms with Gasteiger partial charge in [-0.2, -0.15) is 0 Å². The first-order valence-electron chi connectivity index (χ1n) is 21.9. The lowest BCUT2D eigenvalue weighted by atomic mass is 10.0. The molecule has 0 bridgehead atoms. The average molecular weight is 798 g/mol. The first-order valence-corrected chi connectivity index (χ1v) is 21.9. The van der Waals surface area contributed by atoms with Crippen molar-refractivity contribution in [3.8, 4) is 0 Å². The van der Waals surface area contributed by atoms with Crippen molar-refractivity contribution in [3.05, 3.63) is 72.9 Å². The Morgan fingerprint density at radius 3 is 1.30 bits per heavy atom. The predicted molar refractivity (Wildman–Crippen MR) is 234 cm³/mol. The van der Waals surface area contributed by atoms with E-state index in [0.717, 1.165) is 77.0 Å². The van der Waals surface area contributed by atoms with Crippen molar-refractivity contribution >= 4 is 24.4 Å². The predicted octanol–water partition coefficient (Wildman–Crippen LogP) is 11.5. The highest BCUT2D eigenvalue weighted by atomic mass is 16.6. The van der Waals surface area contributed by atoms with Gasteiger partial charge < -0.3 is 24.3 Å². The largest absolute Gasteiger partial charge is 0.466 e. The van der Waals surface area contributed by atoms with Crippen molar-refractivity contribution in [1.29, 1.82) is 0 Å². The number of esters is 3. The molecule has 0 amide bonds. The number of nitrogens with one attached hydrogen (secondary N) is 1. The van der Waals surface area contributed by atoms with Gasteiger partial charge in [-0.05, 0) is 72.1 Å². The SMILES string of the molecule is CCCC/C=C/C=C/C=C/CCCCCCCC(=O)OCC(COC=O)(COC(=O)CCCCCCC/C=C/C=C/C=C/CCCC)NCCC(=O)OC(C)(C)C. The zero-order valence-electron chi connectivity index (χ0n) is 36.4. The van der Waals surface area contributed by atoms with Gasteiger partial charge in [0.05, 0.1) is 6.42 Å². The van der Waals surface area contributed by atoms with E-state index in [1.54, 1.807) is 20.8 Å². The Bertz CT molecular complexity index is 1140. The summed E-state index contributed by atoms with van der Waals surface area (Å²) in [6.07, 6.45) is 44.8. The van der Waals surface area contributed by atoms with Gasteiger partial charge in [0, 0.05) is 19.4 Å². The molecule has 0 rings (SSSR count). The Kier molecular flexibility index (Phi) is 35.4. The van der Waals surface area contributed by atoms with E-state index in [1.165, 1.54) is 25.7 Å². The molecule has 0 saturated carbocycles. The molecule has 0 saturated heterocycles. The van der Waals surface area contributed by atoms with E-state index in [1.807, 2.05) is 0 Å². The van der Waals surface area contributed by atoms with Gasteiger partial charge >= 0.3 is 17.9 Å². The minimum Gasteiger partial charge on any atom is -0.466 e. The van der Waals surface area contributed by atoms with Gasteiger partial charge in [0.15, 0.2) is 0 Å². The molecule has 0 aromatic carbocycles. The zero-order valence-corrected chi connectivity index (χ0v) is 36.4. The Labute approximate surface area is 346 Å². The van der Waals surface area contributed by atoms with Gasteiger partial charge in [0.25, 0.3) is 6.47 Å². The van der Waals surface area contributed by atoms with Crippen LogP contribution < -0.4 is 5.32 Å². The van der Waals surface area contributed by atoms with Crippen LogP contribution in [0.2, 0.25) is 0 Å². The van der Waals surface area contributed by atoms with Gasteiger partial charge in [-0.3, -0.25) is 19.2 Å². The quantitative estimate of drug-likeness (QED) is 0.0215. The number of carbonyl (C=O) groups is 4. The first kappa shape index (κ1) is 53.3. The molecule has 9 nitrogen and oxygen atoms in total. The molecule has 0 fully saturated rings. The molecule has 1 N–H and O–H groups in total. The van der Waals surface area contributed by atoms with Gasteiger partial charge in [-0.1, -0.05) is 151 Å².